The van der Waals surface area contributed by atoms with E-state index in [-0.39, 0.29) is 0 Å². The summed E-state index contributed by atoms with van der Waals surface area (Å²) in [4.78, 5) is 7.07. The van der Waals surface area contributed by atoms with Crippen LogP contribution in [0.1, 0.15) is 6.92 Å². The van der Waals surface area contributed by atoms with Crippen LogP contribution in [0.15, 0.2) is 5.16 Å². The van der Waals surface area contributed by atoms with Gasteiger partial charge in [-0.3, -0.25) is 4.90 Å². The summed E-state index contributed by atoms with van der Waals surface area (Å²) in [5, 5.41) is 3.97. The van der Waals surface area contributed by atoms with Crippen LogP contribution in [-0.2, 0) is 4.84 Å². The van der Waals surface area contributed by atoms with E-state index in [9.17, 15) is 0 Å². The van der Waals surface area contributed by atoms with Gasteiger partial charge in [0.05, 0.1) is 5.71 Å². The first kappa shape index (κ1) is 9.48. The Labute approximate surface area is 73.4 Å². The van der Waals surface area contributed by atoms with Gasteiger partial charge >= 0.3 is 0 Å². The Hall–Kier alpha value is -0.610. The summed E-state index contributed by atoms with van der Waals surface area (Å²) in [7, 11) is 1.58. The van der Waals surface area contributed by atoms with Crippen LogP contribution in [0.2, 0.25) is 0 Å². The van der Waals surface area contributed by atoms with Gasteiger partial charge in [-0.25, -0.2) is 0 Å². The molecule has 1 fully saturated rings. The van der Waals surface area contributed by atoms with Crippen molar-refractivity contribution in [1.29, 1.82) is 0 Å². The highest BCUT2D eigenvalue weighted by molar-refractivity contribution is 5.90. The van der Waals surface area contributed by atoms with E-state index in [1.54, 1.807) is 7.11 Å². The molecule has 0 radical (unpaired) electrons. The molecule has 1 heterocycles. The first-order valence-corrected chi connectivity index (χ1v) is 4.34. The quantitative estimate of drug-likeness (QED) is 0.603. The third kappa shape index (κ3) is 1.95. The van der Waals surface area contributed by atoms with Gasteiger partial charge < -0.3 is 10.6 Å². The lowest BCUT2D eigenvalue weighted by Gasteiger charge is -2.09. The van der Waals surface area contributed by atoms with Crippen LogP contribution in [0.3, 0.4) is 0 Å². The van der Waals surface area contributed by atoms with E-state index in [2.05, 4.69) is 17.0 Å². The van der Waals surface area contributed by atoms with Crippen LogP contribution in [0, 0.1) is 5.92 Å². The average Bonchev–Trinajstić information content (AvgIpc) is 2.48. The molecule has 0 amide bonds. The van der Waals surface area contributed by atoms with Crippen molar-refractivity contribution in [3.63, 3.8) is 0 Å². The summed E-state index contributed by atoms with van der Waals surface area (Å²) < 4.78 is 0. The van der Waals surface area contributed by atoms with Crippen molar-refractivity contribution in [2.45, 2.75) is 6.92 Å². The van der Waals surface area contributed by atoms with Gasteiger partial charge in [0.25, 0.3) is 0 Å². The van der Waals surface area contributed by atoms with E-state index >= 15 is 0 Å². The summed E-state index contributed by atoms with van der Waals surface area (Å²) in [5.74, 6) is 0.393. The standard InChI is InChI=1S/C8H17N3O/c1-3-11-5-7(4-9)8(6-11)10-12-2/h7H,3-6,9H2,1-2H3/b10-8-. The lowest BCUT2D eigenvalue weighted by Crippen LogP contribution is -2.23. The SMILES string of the molecule is CCN1C/C(=N/OC)C(CN)C1. The Kier molecular flexibility index (Phi) is 3.49. The molecule has 12 heavy (non-hydrogen) atoms. The Morgan fingerprint density at radius 3 is 3.00 bits per heavy atom. The highest BCUT2D eigenvalue weighted by atomic mass is 16.6. The zero-order valence-electron chi connectivity index (χ0n) is 7.79. The molecule has 1 aliphatic rings. The Morgan fingerprint density at radius 1 is 1.75 bits per heavy atom. The van der Waals surface area contributed by atoms with Gasteiger partial charge in [0.2, 0.25) is 0 Å². The second-order valence-electron chi connectivity index (χ2n) is 3.03. The van der Waals surface area contributed by atoms with E-state index in [0.29, 0.717) is 12.5 Å². The smallest absolute Gasteiger partial charge is 0.106 e. The molecule has 1 unspecified atom stereocenters. The van der Waals surface area contributed by atoms with Crippen molar-refractivity contribution in [2.24, 2.45) is 16.8 Å². The topological polar surface area (TPSA) is 50.8 Å². The molecule has 2 N–H and O–H groups in total. The predicted molar refractivity (Wildman–Crippen MR) is 49.1 cm³/mol. The van der Waals surface area contributed by atoms with Gasteiger partial charge in [0, 0.05) is 25.6 Å². The van der Waals surface area contributed by atoms with Crippen LogP contribution in [0.25, 0.3) is 0 Å². The molecule has 0 aliphatic carbocycles. The first-order valence-electron chi connectivity index (χ1n) is 4.34. The monoisotopic (exact) mass is 171 g/mol. The molecule has 0 saturated carbocycles. The van der Waals surface area contributed by atoms with Crippen molar-refractivity contribution in [3.05, 3.63) is 0 Å². The third-order valence-electron chi connectivity index (χ3n) is 2.28. The molecule has 0 bridgehead atoms. The lowest BCUT2D eigenvalue weighted by atomic mass is 10.1. The Bertz CT molecular complexity index is 170. The molecular formula is C8H17N3O. The van der Waals surface area contributed by atoms with E-state index in [4.69, 9.17) is 10.6 Å². The van der Waals surface area contributed by atoms with E-state index < -0.39 is 0 Å². The summed E-state index contributed by atoms with van der Waals surface area (Å²) in [6.07, 6.45) is 0. The third-order valence-corrected chi connectivity index (χ3v) is 2.28. The van der Waals surface area contributed by atoms with E-state index in [0.717, 1.165) is 25.3 Å². The zero-order valence-corrected chi connectivity index (χ0v) is 7.79. The maximum Gasteiger partial charge on any atom is 0.106 e. The Balaban J connectivity index is 2.56. The van der Waals surface area contributed by atoms with Crippen molar-refractivity contribution >= 4 is 5.71 Å². The van der Waals surface area contributed by atoms with Crippen LogP contribution < -0.4 is 5.73 Å². The fraction of sp³-hybridized carbons (Fsp3) is 0.875. The van der Waals surface area contributed by atoms with Crippen molar-refractivity contribution in [1.82, 2.24) is 4.90 Å². The van der Waals surface area contributed by atoms with Crippen molar-refractivity contribution in [2.75, 3.05) is 33.3 Å². The molecule has 0 spiro atoms. The summed E-state index contributed by atoms with van der Waals surface area (Å²) in [6.45, 7) is 5.79. The van der Waals surface area contributed by atoms with Gasteiger partial charge in [0.1, 0.15) is 7.11 Å². The van der Waals surface area contributed by atoms with Crippen molar-refractivity contribution < 1.29 is 4.84 Å². The molecule has 1 saturated heterocycles. The average molecular weight is 171 g/mol. The maximum absolute atomic E-state index is 5.61. The molecule has 0 aromatic rings. The molecule has 0 aromatic carbocycles. The zero-order chi connectivity index (χ0) is 8.97. The minimum Gasteiger partial charge on any atom is -0.399 e. The molecule has 1 rings (SSSR count). The number of likely N-dealkylation sites (tertiary alicyclic amines) is 1. The second-order valence-corrected chi connectivity index (χ2v) is 3.03. The van der Waals surface area contributed by atoms with Gasteiger partial charge in [-0.15, -0.1) is 0 Å². The van der Waals surface area contributed by atoms with Gasteiger partial charge in [-0.2, -0.15) is 0 Å². The molecule has 70 valence electrons. The molecule has 1 atom stereocenters. The number of oxime groups is 1. The van der Waals surface area contributed by atoms with Gasteiger partial charge in [-0.1, -0.05) is 12.1 Å². The van der Waals surface area contributed by atoms with Gasteiger partial charge in [0.15, 0.2) is 0 Å². The summed E-state index contributed by atoms with van der Waals surface area (Å²) in [5.41, 5.74) is 6.69. The largest absolute Gasteiger partial charge is 0.399 e. The number of hydrogen-bond donors (Lipinski definition) is 1. The van der Waals surface area contributed by atoms with Crippen LogP contribution in [-0.4, -0.2) is 43.9 Å². The fourth-order valence-corrected chi connectivity index (χ4v) is 1.51. The predicted octanol–water partition coefficient (Wildman–Crippen LogP) is -0.101. The summed E-state index contributed by atoms with van der Waals surface area (Å²) in [6, 6.07) is 0. The normalized spacial score (nSPS) is 28.2. The molecule has 4 nitrogen and oxygen atoms in total. The van der Waals surface area contributed by atoms with Crippen LogP contribution >= 0.6 is 0 Å². The Morgan fingerprint density at radius 2 is 2.50 bits per heavy atom. The van der Waals surface area contributed by atoms with Crippen molar-refractivity contribution in [3.8, 4) is 0 Å². The van der Waals surface area contributed by atoms with Gasteiger partial charge in [-0.05, 0) is 6.54 Å². The lowest BCUT2D eigenvalue weighted by molar-refractivity contribution is 0.211. The molecular weight excluding hydrogens is 154 g/mol. The molecule has 1 aliphatic heterocycles. The maximum atomic E-state index is 5.61. The summed E-state index contributed by atoms with van der Waals surface area (Å²) >= 11 is 0. The number of hydrogen-bond acceptors (Lipinski definition) is 4. The number of nitrogens with zero attached hydrogens (tertiary/aromatic N) is 2. The fourth-order valence-electron chi connectivity index (χ4n) is 1.51. The highest BCUT2D eigenvalue weighted by Gasteiger charge is 2.27. The molecule has 0 aromatic heterocycles. The van der Waals surface area contributed by atoms with Crippen LogP contribution in [0.4, 0.5) is 0 Å². The number of nitrogens with two attached hydrogens (primary N) is 1. The van der Waals surface area contributed by atoms with E-state index in [1.807, 2.05) is 0 Å². The number of rotatable bonds is 3. The van der Waals surface area contributed by atoms with Crippen LogP contribution in [0.5, 0.6) is 0 Å². The molecule has 4 heteroatoms. The first-order chi connectivity index (χ1) is 5.81. The highest BCUT2D eigenvalue weighted by Crippen LogP contribution is 2.12. The second kappa shape index (κ2) is 4.42. The minimum atomic E-state index is 0.393. The minimum absolute atomic E-state index is 0.393. The van der Waals surface area contributed by atoms with E-state index in [1.165, 1.54) is 0 Å².